The van der Waals surface area contributed by atoms with E-state index >= 15 is 0 Å². The average molecular weight is 351 g/mol. The van der Waals surface area contributed by atoms with Crippen LogP contribution in [0.15, 0.2) is 30.3 Å². The molecule has 0 saturated heterocycles. The Morgan fingerprint density at radius 3 is 2.62 bits per heavy atom. The van der Waals surface area contributed by atoms with E-state index < -0.39 is 0 Å². The lowest BCUT2D eigenvalue weighted by Gasteiger charge is -2.15. The Labute approximate surface area is 135 Å². The van der Waals surface area contributed by atoms with Crippen LogP contribution in [0.3, 0.4) is 0 Å². The van der Waals surface area contributed by atoms with Crippen molar-refractivity contribution in [2.24, 2.45) is 0 Å². The van der Waals surface area contributed by atoms with E-state index in [1.54, 1.807) is 0 Å². The minimum absolute atomic E-state index is 0.194. The molecule has 0 bridgehead atoms. The summed E-state index contributed by atoms with van der Waals surface area (Å²) in [5.41, 5.74) is 1.28. The molecule has 2 nitrogen and oxygen atoms in total. The highest BCUT2D eigenvalue weighted by Gasteiger charge is 2.09. The van der Waals surface area contributed by atoms with Crippen LogP contribution in [0.25, 0.3) is 10.8 Å². The van der Waals surface area contributed by atoms with Crippen molar-refractivity contribution in [2.45, 2.75) is 39.7 Å². The lowest BCUT2D eigenvalue weighted by atomic mass is 10.0. The topological polar surface area (TPSA) is 18.5 Å². The third kappa shape index (κ3) is 4.13. The van der Waals surface area contributed by atoms with Crippen LogP contribution in [0.2, 0.25) is 0 Å². The van der Waals surface area contributed by atoms with Crippen molar-refractivity contribution >= 4 is 26.7 Å². The van der Waals surface area contributed by atoms with Crippen LogP contribution < -0.4 is 9.47 Å². The number of halogens is 1. The van der Waals surface area contributed by atoms with Gasteiger partial charge in [-0.25, -0.2) is 0 Å². The van der Waals surface area contributed by atoms with E-state index in [4.69, 9.17) is 9.47 Å². The number of rotatable bonds is 7. The largest absolute Gasteiger partial charge is 0.493 e. The van der Waals surface area contributed by atoms with Crippen LogP contribution >= 0.6 is 15.9 Å². The number of alkyl halides is 1. The van der Waals surface area contributed by atoms with E-state index in [0.717, 1.165) is 36.3 Å². The van der Waals surface area contributed by atoms with Crippen LogP contribution in [0.1, 0.15) is 32.8 Å². The van der Waals surface area contributed by atoms with Gasteiger partial charge in [0.2, 0.25) is 0 Å². The van der Waals surface area contributed by atoms with Gasteiger partial charge in [0.25, 0.3) is 0 Å². The molecule has 0 spiro atoms. The molecule has 0 N–H and O–H groups in total. The van der Waals surface area contributed by atoms with Gasteiger partial charge in [-0.3, -0.25) is 0 Å². The number of fused-ring (bicyclic) bond motifs is 1. The standard InChI is InChI=1S/C18H23BrO2/c1-4-16-17-8-7-15(21-13(2)3)12-14(17)6-9-18(16)20-11-5-10-19/h6-9,12-13H,4-5,10-11H2,1-3H3. The number of hydrogen-bond acceptors (Lipinski definition) is 2. The van der Waals surface area contributed by atoms with Gasteiger partial charge in [-0.2, -0.15) is 0 Å². The Morgan fingerprint density at radius 1 is 1.14 bits per heavy atom. The molecular formula is C18H23BrO2. The Kier molecular flexibility index (Phi) is 5.92. The zero-order valence-corrected chi connectivity index (χ0v) is 14.6. The van der Waals surface area contributed by atoms with E-state index in [9.17, 15) is 0 Å². The second-order valence-corrected chi connectivity index (χ2v) is 6.13. The maximum atomic E-state index is 5.91. The third-order valence-electron chi connectivity index (χ3n) is 3.32. The Hall–Kier alpha value is -1.22. The van der Waals surface area contributed by atoms with Crippen LogP contribution in [0, 0.1) is 0 Å². The summed E-state index contributed by atoms with van der Waals surface area (Å²) in [6, 6.07) is 10.5. The van der Waals surface area contributed by atoms with Gasteiger partial charge in [0.15, 0.2) is 0 Å². The molecule has 21 heavy (non-hydrogen) atoms. The summed E-state index contributed by atoms with van der Waals surface area (Å²) in [6.07, 6.45) is 2.17. The first-order valence-electron chi connectivity index (χ1n) is 7.56. The van der Waals surface area contributed by atoms with Crippen molar-refractivity contribution in [1.82, 2.24) is 0 Å². The first-order chi connectivity index (χ1) is 10.2. The lowest BCUT2D eigenvalue weighted by Crippen LogP contribution is -2.05. The fourth-order valence-electron chi connectivity index (χ4n) is 2.43. The van der Waals surface area contributed by atoms with Crippen molar-refractivity contribution in [3.8, 4) is 11.5 Å². The summed E-state index contributed by atoms with van der Waals surface area (Å²) in [4.78, 5) is 0. The number of ether oxygens (including phenoxy) is 2. The zero-order valence-electron chi connectivity index (χ0n) is 13.0. The second-order valence-electron chi connectivity index (χ2n) is 5.34. The minimum Gasteiger partial charge on any atom is -0.493 e. The molecule has 3 heteroatoms. The third-order valence-corrected chi connectivity index (χ3v) is 3.88. The summed E-state index contributed by atoms with van der Waals surface area (Å²) >= 11 is 3.43. The number of aryl methyl sites for hydroxylation is 1. The van der Waals surface area contributed by atoms with Crippen molar-refractivity contribution in [3.05, 3.63) is 35.9 Å². The Balaban J connectivity index is 2.33. The molecule has 0 aliphatic carbocycles. The molecule has 0 radical (unpaired) electrons. The first-order valence-corrected chi connectivity index (χ1v) is 8.69. The summed E-state index contributed by atoms with van der Waals surface area (Å²) < 4.78 is 11.7. The zero-order chi connectivity index (χ0) is 15.2. The van der Waals surface area contributed by atoms with Crippen molar-refractivity contribution < 1.29 is 9.47 Å². The molecule has 2 aromatic rings. The maximum absolute atomic E-state index is 5.91. The van der Waals surface area contributed by atoms with E-state index in [1.165, 1.54) is 16.3 Å². The number of benzene rings is 2. The first kappa shape index (κ1) is 16.2. The van der Waals surface area contributed by atoms with E-state index in [-0.39, 0.29) is 6.10 Å². The molecule has 0 aliphatic heterocycles. The van der Waals surface area contributed by atoms with Gasteiger partial charge < -0.3 is 9.47 Å². The summed E-state index contributed by atoms with van der Waals surface area (Å²) in [5, 5.41) is 3.43. The fraction of sp³-hybridized carbons (Fsp3) is 0.444. The molecule has 0 aromatic heterocycles. The molecule has 0 saturated carbocycles. The van der Waals surface area contributed by atoms with Crippen molar-refractivity contribution in [2.75, 3.05) is 11.9 Å². The van der Waals surface area contributed by atoms with E-state index in [0.29, 0.717) is 0 Å². The summed E-state index contributed by atoms with van der Waals surface area (Å²) in [5.74, 6) is 1.93. The highest BCUT2D eigenvalue weighted by atomic mass is 79.9. The predicted octanol–water partition coefficient (Wildman–Crippen LogP) is 5.35. The molecular weight excluding hydrogens is 328 g/mol. The van der Waals surface area contributed by atoms with Crippen LogP contribution in [0.5, 0.6) is 11.5 Å². The molecule has 0 aliphatic rings. The normalized spacial score (nSPS) is 11.1. The molecule has 0 unspecified atom stereocenters. The average Bonchev–Trinajstić information content (AvgIpc) is 2.46. The fourth-order valence-corrected chi connectivity index (χ4v) is 2.66. The molecule has 2 aromatic carbocycles. The van der Waals surface area contributed by atoms with Gasteiger partial charge in [0.1, 0.15) is 11.5 Å². The molecule has 114 valence electrons. The van der Waals surface area contributed by atoms with Crippen LogP contribution in [0.4, 0.5) is 0 Å². The van der Waals surface area contributed by atoms with Gasteiger partial charge in [0, 0.05) is 10.9 Å². The number of hydrogen-bond donors (Lipinski definition) is 0. The van der Waals surface area contributed by atoms with Crippen LogP contribution in [-0.2, 0) is 6.42 Å². The Morgan fingerprint density at radius 2 is 1.95 bits per heavy atom. The van der Waals surface area contributed by atoms with Crippen molar-refractivity contribution in [3.63, 3.8) is 0 Å². The monoisotopic (exact) mass is 350 g/mol. The predicted molar refractivity (Wildman–Crippen MR) is 93.0 cm³/mol. The molecule has 0 fully saturated rings. The highest BCUT2D eigenvalue weighted by Crippen LogP contribution is 2.31. The van der Waals surface area contributed by atoms with Crippen LogP contribution in [-0.4, -0.2) is 18.0 Å². The van der Waals surface area contributed by atoms with Gasteiger partial charge >= 0.3 is 0 Å². The summed E-state index contributed by atoms with van der Waals surface area (Å²) in [7, 11) is 0. The Bertz CT molecular complexity index is 593. The maximum Gasteiger partial charge on any atom is 0.123 e. The highest BCUT2D eigenvalue weighted by molar-refractivity contribution is 9.09. The molecule has 0 heterocycles. The van der Waals surface area contributed by atoms with Gasteiger partial charge in [-0.15, -0.1) is 0 Å². The van der Waals surface area contributed by atoms with E-state index in [2.05, 4.69) is 47.1 Å². The van der Waals surface area contributed by atoms with Gasteiger partial charge in [-0.05, 0) is 55.7 Å². The lowest BCUT2D eigenvalue weighted by molar-refractivity contribution is 0.243. The molecule has 2 rings (SSSR count). The molecule has 0 atom stereocenters. The minimum atomic E-state index is 0.194. The SMILES string of the molecule is CCc1c(OCCCBr)ccc2cc(OC(C)C)ccc12. The quantitative estimate of drug-likeness (QED) is 0.494. The van der Waals surface area contributed by atoms with Crippen molar-refractivity contribution in [1.29, 1.82) is 0 Å². The van der Waals surface area contributed by atoms with Gasteiger partial charge in [0.05, 0.1) is 12.7 Å². The van der Waals surface area contributed by atoms with Gasteiger partial charge in [-0.1, -0.05) is 35.0 Å². The summed E-state index contributed by atoms with van der Waals surface area (Å²) in [6.45, 7) is 7.01. The van der Waals surface area contributed by atoms with E-state index in [1.807, 2.05) is 19.9 Å². The second kappa shape index (κ2) is 7.69. The smallest absolute Gasteiger partial charge is 0.123 e. The molecule has 0 amide bonds.